The van der Waals surface area contributed by atoms with Crippen LogP contribution in [0, 0.1) is 0 Å². The molecule has 0 saturated heterocycles. The second-order valence-corrected chi connectivity index (χ2v) is 6.87. The van der Waals surface area contributed by atoms with Crippen LogP contribution in [0.3, 0.4) is 0 Å². The molecule has 0 unspecified atom stereocenters. The molecule has 0 aliphatic heterocycles. The van der Waals surface area contributed by atoms with Crippen molar-refractivity contribution in [3.63, 3.8) is 0 Å². The Morgan fingerprint density at radius 3 is 1.89 bits per heavy atom. The van der Waals surface area contributed by atoms with Gasteiger partial charge in [-0.05, 0) is 61.5 Å². The number of hydrogen-bond donors (Lipinski definition) is 0. The first kappa shape index (κ1) is 18.9. The lowest BCUT2D eigenvalue weighted by Gasteiger charge is -2.07. The van der Waals surface area contributed by atoms with Gasteiger partial charge >= 0.3 is 0 Å². The Morgan fingerprint density at radius 2 is 1.39 bits per heavy atom. The molecule has 18 heavy (non-hydrogen) atoms. The molecule has 0 aromatic heterocycles. The minimum absolute atomic E-state index is 1.27. The maximum atomic E-state index is 2.56. The lowest BCUT2D eigenvalue weighted by molar-refractivity contribution is 0.658. The average molecular weight is 474 g/mol. The average Bonchev–Trinajstić information content (AvgIpc) is 2.38. The Bertz CT molecular complexity index is 241. The summed E-state index contributed by atoms with van der Waals surface area (Å²) >= 11 is 4.90. The quantitative estimate of drug-likeness (QED) is 0.165. The van der Waals surface area contributed by atoms with Crippen LogP contribution in [-0.4, -0.2) is 0 Å². The van der Waals surface area contributed by atoms with E-state index in [4.69, 9.17) is 0 Å². The molecule has 0 aromatic carbocycles. The number of unbranched alkanes of at least 4 members (excludes halogenated alkanes) is 6. The van der Waals surface area contributed by atoms with E-state index in [1.54, 1.807) is 9.15 Å². The Morgan fingerprint density at radius 1 is 0.833 bits per heavy atom. The predicted molar refractivity (Wildman–Crippen MR) is 102 cm³/mol. The van der Waals surface area contributed by atoms with Gasteiger partial charge in [0.25, 0.3) is 0 Å². The molecule has 0 saturated carbocycles. The molecule has 0 atom stereocenters. The predicted octanol–water partition coefficient (Wildman–Crippen LogP) is 7.57. The number of rotatable bonds is 11. The van der Waals surface area contributed by atoms with Crippen molar-refractivity contribution in [1.82, 2.24) is 0 Å². The van der Waals surface area contributed by atoms with Crippen LogP contribution < -0.4 is 0 Å². The first-order valence-electron chi connectivity index (χ1n) is 7.40. The minimum Gasteiger partial charge on any atom is -0.0654 e. The molecule has 0 aromatic rings. The Labute approximate surface area is 141 Å². The third-order valence-electron chi connectivity index (χ3n) is 3.16. The van der Waals surface area contributed by atoms with Gasteiger partial charge in [0.15, 0.2) is 0 Å². The maximum absolute atomic E-state index is 2.56. The fourth-order valence-electron chi connectivity index (χ4n) is 2.00. The highest BCUT2D eigenvalue weighted by atomic mass is 127. The SMILES string of the molecule is CCCCCC/C(I)=C(/C=C\I)CCCCCC. The molecule has 0 spiro atoms. The fourth-order valence-corrected chi connectivity index (χ4v) is 3.26. The van der Waals surface area contributed by atoms with Crippen LogP contribution in [0.2, 0.25) is 0 Å². The number of allylic oxidation sites excluding steroid dienone is 3. The summed E-state index contributed by atoms with van der Waals surface area (Å²) in [7, 11) is 0. The highest BCUT2D eigenvalue weighted by molar-refractivity contribution is 14.1. The van der Waals surface area contributed by atoms with Crippen LogP contribution in [0.5, 0.6) is 0 Å². The summed E-state index contributed by atoms with van der Waals surface area (Å²) in [6.45, 7) is 4.55. The summed E-state index contributed by atoms with van der Waals surface area (Å²) in [4.78, 5) is 0. The van der Waals surface area contributed by atoms with Crippen molar-refractivity contribution >= 4 is 45.2 Å². The molecule has 0 rings (SSSR count). The summed E-state index contributed by atoms with van der Waals surface area (Å²) in [5.41, 5.74) is 1.58. The van der Waals surface area contributed by atoms with Gasteiger partial charge in [-0.3, -0.25) is 0 Å². The molecule has 2 heteroatoms. The Kier molecular flexibility index (Phi) is 15.1. The van der Waals surface area contributed by atoms with Crippen molar-refractivity contribution in [2.24, 2.45) is 0 Å². The van der Waals surface area contributed by atoms with Crippen LogP contribution >= 0.6 is 45.2 Å². The van der Waals surface area contributed by atoms with E-state index in [-0.39, 0.29) is 0 Å². The minimum atomic E-state index is 1.27. The van der Waals surface area contributed by atoms with Crippen molar-refractivity contribution in [3.05, 3.63) is 19.3 Å². The van der Waals surface area contributed by atoms with Crippen LogP contribution in [-0.2, 0) is 0 Å². The Balaban J connectivity index is 4.08. The van der Waals surface area contributed by atoms with E-state index in [0.717, 1.165) is 0 Å². The van der Waals surface area contributed by atoms with E-state index >= 15 is 0 Å². The first-order valence-corrected chi connectivity index (χ1v) is 9.72. The van der Waals surface area contributed by atoms with Gasteiger partial charge in [0.1, 0.15) is 0 Å². The summed E-state index contributed by atoms with van der Waals surface area (Å²) in [6, 6.07) is 0. The van der Waals surface area contributed by atoms with E-state index in [2.05, 4.69) is 69.2 Å². The molecule has 0 aliphatic rings. The number of halogens is 2. The Hall–Kier alpha value is 0.940. The third-order valence-corrected chi connectivity index (χ3v) is 4.75. The van der Waals surface area contributed by atoms with Crippen molar-refractivity contribution in [2.45, 2.75) is 78.1 Å². The summed E-state index contributed by atoms with van der Waals surface area (Å²) in [5.74, 6) is 0. The highest BCUT2D eigenvalue weighted by Gasteiger charge is 2.01. The van der Waals surface area contributed by atoms with Crippen molar-refractivity contribution in [1.29, 1.82) is 0 Å². The highest BCUT2D eigenvalue weighted by Crippen LogP contribution is 2.25. The van der Waals surface area contributed by atoms with E-state index in [1.165, 1.54) is 64.2 Å². The van der Waals surface area contributed by atoms with Crippen molar-refractivity contribution < 1.29 is 0 Å². The monoisotopic (exact) mass is 474 g/mol. The molecule has 0 aliphatic carbocycles. The van der Waals surface area contributed by atoms with Crippen molar-refractivity contribution in [3.8, 4) is 0 Å². The van der Waals surface area contributed by atoms with Gasteiger partial charge in [-0.2, -0.15) is 0 Å². The van der Waals surface area contributed by atoms with E-state index in [1.807, 2.05) is 0 Å². The largest absolute Gasteiger partial charge is 0.0654 e. The summed E-state index contributed by atoms with van der Waals surface area (Å²) < 4.78 is 3.76. The first-order chi connectivity index (χ1) is 8.76. The molecule has 0 radical (unpaired) electrons. The number of hydrogen-bond acceptors (Lipinski definition) is 0. The molecular formula is C16H28I2. The lowest BCUT2D eigenvalue weighted by atomic mass is 10.0. The smallest absolute Gasteiger partial charge is 0.00619 e. The molecule has 0 nitrogen and oxygen atoms in total. The maximum Gasteiger partial charge on any atom is -0.00619 e. The molecule has 0 N–H and O–H groups in total. The van der Waals surface area contributed by atoms with E-state index in [0.29, 0.717) is 0 Å². The molecular weight excluding hydrogens is 446 g/mol. The zero-order valence-electron chi connectivity index (χ0n) is 12.0. The summed E-state index contributed by atoms with van der Waals surface area (Å²) in [6.07, 6.45) is 15.8. The van der Waals surface area contributed by atoms with E-state index < -0.39 is 0 Å². The van der Waals surface area contributed by atoms with Crippen LogP contribution in [0.4, 0.5) is 0 Å². The zero-order valence-corrected chi connectivity index (χ0v) is 16.3. The van der Waals surface area contributed by atoms with Gasteiger partial charge in [0.2, 0.25) is 0 Å². The van der Waals surface area contributed by atoms with Gasteiger partial charge in [0.05, 0.1) is 0 Å². The van der Waals surface area contributed by atoms with E-state index in [9.17, 15) is 0 Å². The van der Waals surface area contributed by atoms with Gasteiger partial charge < -0.3 is 0 Å². The zero-order chi connectivity index (χ0) is 13.6. The molecule has 0 bridgehead atoms. The van der Waals surface area contributed by atoms with Crippen LogP contribution in [0.1, 0.15) is 78.1 Å². The molecule has 0 heterocycles. The lowest BCUT2D eigenvalue weighted by Crippen LogP contribution is -1.87. The topological polar surface area (TPSA) is 0 Å². The van der Waals surface area contributed by atoms with Crippen LogP contribution in [0.15, 0.2) is 19.3 Å². The second-order valence-electron chi connectivity index (χ2n) is 4.84. The van der Waals surface area contributed by atoms with Gasteiger partial charge in [0, 0.05) is 0 Å². The van der Waals surface area contributed by atoms with Crippen LogP contribution in [0.25, 0.3) is 0 Å². The third kappa shape index (κ3) is 10.8. The summed E-state index contributed by atoms with van der Waals surface area (Å²) in [5, 5.41) is 0. The molecule has 0 fully saturated rings. The fraction of sp³-hybridized carbons (Fsp3) is 0.750. The van der Waals surface area contributed by atoms with Gasteiger partial charge in [-0.15, -0.1) is 0 Å². The van der Waals surface area contributed by atoms with Gasteiger partial charge in [-0.25, -0.2) is 0 Å². The molecule has 106 valence electrons. The van der Waals surface area contributed by atoms with Crippen molar-refractivity contribution in [2.75, 3.05) is 0 Å². The van der Waals surface area contributed by atoms with Gasteiger partial charge in [-0.1, -0.05) is 81.0 Å². The molecule has 0 amide bonds. The second kappa shape index (κ2) is 14.4. The normalized spacial score (nSPS) is 13.1. The standard InChI is InChI=1S/C16H28I2/c1-3-5-7-9-11-15(13-14-17)16(18)12-10-8-6-4-2/h13-14H,3-12H2,1-2H3/b14-13-,16-15-.